The van der Waals surface area contributed by atoms with Crippen LogP contribution < -0.4 is 16.8 Å². The molecule has 2 aromatic heterocycles. The van der Waals surface area contributed by atoms with Gasteiger partial charge in [0.25, 0.3) is 11.8 Å². The normalized spacial score (nSPS) is 14.8. The van der Waals surface area contributed by atoms with Gasteiger partial charge in [0, 0.05) is 47.7 Å². The minimum atomic E-state index is -0.726. The molecule has 11 heteroatoms. The van der Waals surface area contributed by atoms with Gasteiger partial charge >= 0.3 is 0 Å². The van der Waals surface area contributed by atoms with Crippen LogP contribution >= 0.6 is 0 Å². The molecule has 38 heavy (non-hydrogen) atoms. The number of fused-ring (bicyclic) bond motifs is 1. The van der Waals surface area contributed by atoms with E-state index in [0.717, 1.165) is 31.0 Å². The second-order valence-electron chi connectivity index (χ2n) is 10.4. The first kappa shape index (κ1) is 26.7. The average Bonchev–Trinajstić information content (AvgIpc) is 3.25. The quantitative estimate of drug-likeness (QED) is 0.426. The van der Waals surface area contributed by atoms with Gasteiger partial charge < -0.3 is 16.8 Å². The summed E-state index contributed by atoms with van der Waals surface area (Å²) in [6.07, 6.45) is 4.50. The number of rotatable bonds is 6. The lowest BCUT2D eigenvalue weighted by Gasteiger charge is -2.22. The molecule has 1 aliphatic rings. The Balaban J connectivity index is 1.57. The summed E-state index contributed by atoms with van der Waals surface area (Å²) in [4.78, 5) is 40.2. The van der Waals surface area contributed by atoms with Crippen LogP contribution in [-0.4, -0.2) is 55.8 Å². The molecule has 3 aromatic rings. The zero-order valence-corrected chi connectivity index (χ0v) is 22.3. The molecule has 0 radical (unpaired) electrons. The summed E-state index contributed by atoms with van der Waals surface area (Å²) >= 11 is 0. The molecular weight excluding hydrogens is 482 g/mol. The largest absolute Gasteiger partial charge is 0.398 e. The van der Waals surface area contributed by atoms with E-state index in [2.05, 4.69) is 30.3 Å². The molecule has 1 aliphatic heterocycles. The number of aliphatic imine (C=N–C) groups is 1. The van der Waals surface area contributed by atoms with Gasteiger partial charge in [0.15, 0.2) is 5.82 Å². The Hall–Kier alpha value is -4.38. The first-order valence-electron chi connectivity index (χ1n) is 12.3. The smallest absolute Gasteiger partial charge is 0.275 e. The summed E-state index contributed by atoms with van der Waals surface area (Å²) in [6.45, 7) is 10.3. The van der Waals surface area contributed by atoms with Crippen molar-refractivity contribution in [3.8, 4) is 0 Å². The van der Waals surface area contributed by atoms with Crippen LogP contribution in [0.25, 0.3) is 5.70 Å². The van der Waals surface area contributed by atoms with Crippen molar-refractivity contribution in [2.45, 2.75) is 46.2 Å². The van der Waals surface area contributed by atoms with Gasteiger partial charge in [0.1, 0.15) is 11.4 Å². The van der Waals surface area contributed by atoms with Crippen LogP contribution in [0.4, 0.5) is 11.5 Å². The van der Waals surface area contributed by atoms with Gasteiger partial charge in [-0.05, 0) is 31.7 Å². The Kier molecular flexibility index (Phi) is 7.40. The van der Waals surface area contributed by atoms with Gasteiger partial charge in [-0.15, -0.1) is 0 Å². The number of carbonyl (C=O) groups is 2. The van der Waals surface area contributed by atoms with E-state index in [0.29, 0.717) is 22.6 Å². The molecule has 0 unspecified atom stereocenters. The molecule has 0 spiro atoms. The molecule has 0 atom stereocenters. The molecule has 5 N–H and O–H groups in total. The first-order chi connectivity index (χ1) is 17.9. The molecule has 198 valence electrons. The summed E-state index contributed by atoms with van der Waals surface area (Å²) in [5.74, 6) is -0.727. The lowest BCUT2D eigenvalue weighted by Crippen LogP contribution is -2.30. The predicted molar refractivity (Wildman–Crippen MR) is 147 cm³/mol. The van der Waals surface area contributed by atoms with Crippen LogP contribution in [-0.2, 0) is 23.3 Å². The minimum Gasteiger partial charge on any atom is -0.398 e. The highest BCUT2D eigenvalue weighted by molar-refractivity contribution is 6.44. The van der Waals surface area contributed by atoms with Crippen molar-refractivity contribution in [2.24, 2.45) is 16.5 Å². The molecule has 0 aliphatic carbocycles. The molecule has 2 amide bonds. The molecule has 0 saturated carbocycles. The van der Waals surface area contributed by atoms with E-state index in [-0.39, 0.29) is 22.5 Å². The Bertz CT molecular complexity index is 1430. The van der Waals surface area contributed by atoms with E-state index in [4.69, 9.17) is 11.5 Å². The van der Waals surface area contributed by atoms with E-state index in [1.807, 2.05) is 45.5 Å². The van der Waals surface area contributed by atoms with Gasteiger partial charge in [0.05, 0.1) is 24.1 Å². The van der Waals surface area contributed by atoms with Crippen LogP contribution in [0.1, 0.15) is 53.8 Å². The van der Waals surface area contributed by atoms with Crippen LogP contribution in [0.2, 0.25) is 0 Å². The number of hydrogen-bond acceptors (Lipinski definition) is 8. The van der Waals surface area contributed by atoms with Crippen molar-refractivity contribution in [2.75, 3.05) is 18.9 Å². The first-order valence-corrected chi connectivity index (χ1v) is 12.3. The van der Waals surface area contributed by atoms with Crippen molar-refractivity contribution in [1.82, 2.24) is 24.6 Å². The monoisotopic (exact) mass is 515 g/mol. The van der Waals surface area contributed by atoms with E-state index < -0.39 is 11.8 Å². The molecular formula is C27H33N9O2. The topological polar surface area (TPSA) is 157 Å². The third-order valence-corrected chi connectivity index (χ3v) is 6.30. The van der Waals surface area contributed by atoms with E-state index in [1.165, 1.54) is 12.3 Å². The van der Waals surface area contributed by atoms with Gasteiger partial charge in [-0.3, -0.25) is 24.2 Å². The summed E-state index contributed by atoms with van der Waals surface area (Å²) < 4.78 is 1.88. The third-order valence-electron chi connectivity index (χ3n) is 6.30. The number of carbonyl (C=O) groups excluding carboxylic acids is 2. The fourth-order valence-corrected chi connectivity index (χ4v) is 4.05. The molecule has 1 aromatic carbocycles. The van der Waals surface area contributed by atoms with Crippen molar-refractivity contribution in [1.29, 1.82) is 0 Å². The van der Waals surface area contributed by atoms with Crippen LogP contribution in [0.15, 0.2) is 47.7 Å². The van der Waals surface area contributed by atoms with E-state index in [9.17, 15) is 9.59 Å². The van der Waals surface area contributed by atoms with Gasteiger partial charge in [-0.1, -0.05) is 32.9 Å². The summed E-state index contributed by atoms with van der Waals surface area (Å²) in [5, 5.41) is 7.33. The van der Waals surface area contributed by atoms with Crippen molar-refractivity contribution in [3.63, 3.8) is 0 Å². The molecule has 0 saturated heterocycles. The number of amides is 2. The average molecular weight is 516 g/mol. The van der Waals surface area contributed by atoms with Gasteiger partial charge in [0.2, 0.25) is 0 Å². The minimum absolute atomic E-state index is 0.0191. The molecule has 11 nitrogen and oxygen atoms in total. The SMILES string of the molecule is Cc1c(NC(=O)c2cnc(C(C)(C)C)cn2)cccc1C(N)=CC(=Nc1cc2n(n1)CCN(C)C2)C(N)=O. The number of aromatic nitrogens is 4. The summed E-state index contributed by atoms with van der Waals surface area (Å²) in [7, 11) is 2.03. The Morgan fingerprint density at radius 3 is 2.55 bits per heavy atom. The number of anilines is 1. The highest BCUT2D eigenvalue weighted by atomic mass is 16.2. The van der Waals surface area contributed by atoms with Crippen LogP contribution in [0.3, 0.4) is 0 Å². The highest BCUT2D eigenvalue weighted by Crippen LogP contribution is 2.25. The van der Waals surface area contributed by atoms with Crippen LogP contribution in [0.5, 0.6) is 0 Å². The zero-order chi connectivity index (χ0) is 27.6. The standard InChI is InChI=1S/C27H33N9O2/c1-16-18(7-6-8-20(16)33-26(38)22-13-31-23(14-30-22)27(2,3)4)19(28)12-21(25(29)37)32-24-11-17-15-35(5)9-10-36(17)34-24/h6-8,11-14H,9-10,15,28H2,1-5H3,(H2,29,37)(H,33,38). The lowest BCUT2D eigenvalue weighted by molar-refractivity contribution is -0.111. The Morgan fingerprint density at radius 1 is 1.13 bits per heavy atom. The van der Waals surface area contributed by atoms with Gasteiger partial charge in [-0.2, -0.15) is 5.10 Å². The van der Waals surface area contributed by atoms with Crippen molar-refractivity contribution >= 4 is 34.7 Å². The lowest BCUT2D eigenvalue weighted by atomic mass is 9.93. The Labute approximate surface area is 221 Å². The zero-order valence-electron chi connectivity index (χ0n) is 22.3. The van der Waals surface area contributed by atoms with E-state index >= 15 is 0 Å². The van der Waals surface area contributed by atoms with Gasteiger partial charge in [-0.25, -0.2) is 9.98 Å². The maximum atomic E-state index is 12.8. The maximum absolute atomic E-state index is 12.8. The molecule has 4 rings (SSSR count). The van der Waals surface area contributed by atoms with Crippen LogP contribution in [0, 0.1) is 6.92 Å². The fourth-order valence-electron chi connectivity index (χ4n) is 4.05. The predicted octanol–water partition coefficient (Wildman–Crippen LogP) is 2.53. The van der Waals surface area contributed by atoms with E-state index in [1.54, 1.807) is 24.4 Å². The third kappa shape index (κ3) is 5.94. The fraction of sp³-hybridized carbons (Fsp3) is 0.333. The number of hydrogen-bond donors (Lipinski definition) is 3. The highest BCUT2D eigenvalue weighted by Gasteiger charge is 2.19. The number of nitrogens with two attached hydrogens (primary N) is 2. The summed E-state index contributed by atoms with van der Waals surface area (Å²) in [5.41, 5.74) is 15.9. The number of nitrogens with zero attached hydrogens (tertiary/aromatic N) is 6. The number of benzene rings is 1. The molecule has 0 bridgehead atoms. The maximum Gasteiger partial charge on any atom is 0.275 e. The second-order valence-corrected chi connectivity index (χ2v) is 10.4. The number of primary amides is 1. The number of likely N-dealkylation sites (N-methyl/N-ethyl adjacent to an activating group) is 1. The second kappa shape index (κ2) is 10.5. The summed E-state index contributed by atoms with van der Waals surface area (Å²) in [6, 6.07) is 7.14. The van der Waals surface area contributed by atoms with Crippen molar-refractivity contribution in [3.05, 3.63) is 70.9 Å². The number of nitrogens with one attached hydrogen (secondary N) is 1. The molecule has 0 fully saturated rings. The molecule has 3 heterocycles. The Morgan fingerprint density at radius 2 is 1.89 bits per heavy atom. The van der Waals surface area contributed by atoms with Crippen molar-refractivity contribution < 1.29 is 9.59 Å².